The maximum absolute atomic E-state index is 11.8. The van der Waals surface area contributed by atoms with E-state index in [1.807, 2.05) is 29.2 Å². The largest absolute Gasteiger partial charge is 0.480 e. The molecule has 0 bridgehead atoms. The molecular weight excluding hydrogens is 433 g/mol. The molecule has 24 heavy (non-hydrogen) atoms. The van der Waals surface area contributed by atoms with Gasteiger partial charge in [-0.25, -0.2) is 0 Å². The van der Waals surface area contributed by atoms with Crippen LogP contribution in [0.1, 0.15) is 35.7 Å². The molecule has 0 aliphatic carbocycles. The van der Waals surface area contributed by atoms with Crippen LogP contribution in [0.5, 0.6) is 0 Å². The molecule has 128 valence electrons. The van der Waals surface area contributed by atoms with Crippen LogP contribution in [-0.4, -0.2) is 28.6 Å². The molecule has 7 heteroatoms. The molecule has 3 nitrogen and oxygen atoms in total. The monoisotopic (exact) mass is 447 g/mol. The quantitative estimate of drug-likeness (QED) is 0.637. The highest BCUT2D eigenvalue weighted by Crippen LogP contribution is 2.42. The topological polar surface area (TPSA) is 40.5 Å². The summed E-state index contributed by atoms with van der Waals surface area (Å²) in [6.45, 7) is 0.722. The van der Waals surface area contributed by atoms with Crippen molar-refractivity contribution < 1.29 is 9.90 Å². The first-order valence-electron chi connectivity index (χ1n) is 7.66. The molecule has 3 rings (SSSR count). The Morgan fingerprint density at radius 1 is 1.29 bits per heavy atom. The number of hydrogen-bond donors (Lipinski definition) is 1. The minimum atomic E-state index is -0.784. The molecule has 0 amide bonds. The number of carboxylic acid groups (broad SMARTS) is 1. The predicted molar refractivity (Wildman–Crippen MR) is 102 cm³/mol. The van der Waals surface area contributed by atoms with Crippen LogP contribution >= 0.6 is 50.5 Å². The van der Waals surface area contributed by atoms with Crippen LogP contribution < -0.4 is 0 Å². The van der Waals surface area contributed by atoms with E-state index < -0.39 is 12.0 Å². The number of rotatable bonds is 4. The highest BCUT2D eigenvalue weighted by molar-refractivity contribution is 9.11. The Bertz CT molecular complexity index is 752. The fraction of sp³-hybridized carbons (Fsp3) is 0.353. The molecular formula is C17H16BrCl2NO2S. The van der Waals surface area contributed by atoms with Crippen molar-refractivity contribution in [2.45, 2.75) is 31.3 Å². The van der Waals surface area contributed by atoms with Crippen LogP contribution in [-0.2, 0) is 4.79 Å². The number of halogens is 3. The maximum Gasteiger partial charge on any atom is 0.320 e. The average Bonchev–Trinajstić information content (AvgIpc) is 2.98. The normalized spacial score (nSPS) is 20.0. The van der Waals surface area contributed by atoms with Crippen molar-refractivity contribution in [2.24, 2.45) is 0 Å². The Labute approximate surface area is 163 Å². The second-order valence-electron chi connectivity index (χ2n) is 5.78. The van der Waals surface area contributed by atoms with Gasteiger partial charge in [0, 0.05) is 4.88 Å². The molecule has 0 spiro atoms. The number of hydrogen-bond acceptors (Lipinski definition) is 3. The molecule has 1 fully saturated rings. The first kappa shape index (κ1) is 18.2. The van der Waals surface area contributed by atoms with E-state index in [9.17, 15) is 9.90 Å². The van der Waals surface area contributed by atoms with Gasteiger partial charge in [0.25, 0.3) is 0 Å². The molecule has 0 radical (unpaired) electrons. The van der Waals surface area contributed by atoms with Crippen LogP contribution in [0.3, 0.4) is 0 Å². The lowest BCUT2D eigenvalue weighted by Crippen LogP contribution is -2.46. The van der Waals surface area contributed by atoms with Crippen molar-refractivity contribution >= 4 is 56.4 Å². The van der Waals surface area contributed by atoms with E-state index in [0.29, 0.717) is 16.5 Å². The third-order valence-electron chi connectivity index (χ3n) is 4.30. The molecule has 1 aliphatic rings. The summed E-state index contributed by atoms with van der Waals surface area (Å²) in [5.41, 5.74) is 0.853. The molecule has 2 atom stereocenters. The number of thiophene rings is 1. The zero-order chi connectivity index (χ0) is 17.3. The molecule has 1 aromatic carbocycles. The maximum atomic E-state index is 11.8. The van der Waals surface area contributed by atoms with E-state index in [0.717, 1.165) is 33.6 Å². The summed E-state index contributed by atoms with van der Waals surface area (Å²) in [7, 11) is 0. The van der Waals surface area contributed by atoms with Gasteiger partial charge in [0.05, 0.1) is 19.9 Å². The van der Waals surface area contributed by atoms with Crippen molar-refractivity contribution in [1.29, 1.82) is 0 Å². The Morgan fingerprint density at radius 3 is 2.75 bits per heavy atom. The lowest BCUT2D eigenvalue weighted by Gasteiger charge is -2.39. The Morgan fingerprint density at radius 2 is 2.08 bits per heavy atom. The smallest absolute Gasteiger partial charge is 0.320 e. The number of benzene rings is 1. The molecule has 0 saturated carbocycles. The SMILES string of the molecule is O=C(O)C1CCCCN1C(c1ccc(Br)s1)c1cccc(Cl)c1Cl. The van der Waals surface area contributed by atoms with E-state index >= 15 is 0 Å². The van der Waals surface area contributed by atoms with Crippen molar-refractivity contribution in [3.8, 4) is 0 Å². The summed E-state index contributed by atoms with van der Waals surface area (Å²) in [6.07, 6.45) is 2.55. The van der Waals surface area contributed by atoms with Gasteiger partial charge in [0.1, 0.15) is 6.04 Å². The summed E-state index contributed by atoms with van der Waals surface area (Å²) in [5, 5.41) is 10.6. The molecule has 2 heterocycles. The summed E-state index contributed by atoms with van der Waals surface area (Å²) >= 11 is 17.8. The summed E-state index contributed by atoms with van der Waals surface area (Å²) < 4.78 is 1.00. The van der Waals surface area contributed by atoms with Crippen LogP contribution in [0, 0.1) is 0 Å². The van der Waals surface area contributed by atoms with Gasteiger partial charge in [-0.2, -0.15) is 0 Å². The molecule has 2 aromatic rings. The van der Waals surface area contributed by atoms with Crippen molar-refractivity contribution in [3.63, 3.8) is 0 Å². The number of likely N-dealkylation sites (tertiary alicyclic amines) is 1. The Kier molecular flexibility index (Phi) is 5.88. The first-order chi connectivity index (χ1) is 11.5. The molecule has 1 aliphatic heterocycles. The summed E-state index contributed by atoms with van der Waals surface area (Å²) in [4.78, 5) is 14.9. The fourth-order valence-electron chi connectivity index (χ4n) is 3.23. The van der Waals surface area contributed by atoms with Gasteiger partial charge < -0.3 is 5.11 Å². The van der Waals surface area contributed by atoms with Crippen LogP contribution in [0.25, 0.3) is 0 Å². The zero-order valence-corrected chi connectivity index (χ0v) is 16.6. The van der Waals surface area contributed by atoms with Gasteiger partial charge in [0.15, 0.2) is 0 Å². The van der Waals surface area contributed by atoms with Gasteiger partial charge in [-0.1, -0.05) is 41.8 Å². The van der Waals surface area contributed by atoms with E-state index in [4.69, 9.17) is 23.2 Å². The first-order valence-corrected chi connectivity index (χ1v) is 10.0. The predicted octanol–water partition coefficient (Wildman–Crippen LogP) is 5.85. The third-order valence-corrected chi connectivity index (χ3v) is 6.81. The number of aliphatic carboxylic acids is 1. The Hall–Kier alpha value is -0.590. The van der Waals surface area contributed by atoms with Gasteiger partial charge in [-0.15, -0.1) is 11.3 Å². The average molecular weight is 449 g/mol. The van der Waals surface area contributed by atoms with Crippen LogP contribution in [0.2, 0.25) is 10.0 Å². The van der Waals surface area contributed by atoms with E-state index in [2.05, 4.69) is 15.9 Å². The highest BCUT2D eigenvalue weighted by atomic mass is 79.9. The van der Waals surface area contributed by atoms with Crippen molar-refractivity contribution in [3.05, 3.63) is 54.6 Å². The van der Waals surface area contributed by atoms with Gasteiger partial charge in [-0.3, -0.25) is 9.69 Å². The molecule has 1 aromatic heterocycles. The number of piperidine rings is 1. The lowest BCUT2D eigenvalue weighted by molar-refractivity contribution is -0.145. The summed E-state index contributed by atoms with van der Waals surface area (Å²) in [5.74, 6) is -0.784. The van der Waals surface area contributed by atoms with Crippen molar-refractivity contribution in [2.75, 3.05) is 6.54 Å². The minimum absolute atomic E-state index is 0.214. The second kappa shape index (κ2) is 7.75. The standard InChI is InChI=1S/C17H16BrCl2NO2S/c18-14-8-7-13(24-14)16(10-4-3-5-11(19)15(10)20)21-9-2-1-6-12(21)17(22)23/h3-5,7-8,12,16H,1-2,6,9H2,(H,22,23). The molecule has 1 saturated heterocycles. The minimum Gasteiger partial charge on any atom is -0.480 e. The molecule has 2 unspecified atom stereocenters. The van der Waals surface area contributed by atoms with Gasteiger partial charge in [0.2, 0.25) is 0 Å². The Balaban J connectivity index is 2.11. The van der Waals surface area contributed by atoms with Gasteiger partial charge >= 0.3 is 5.97 Å². The lowest BCUT2D eigenvalue weighted by atomic mass is 9.95. The zero-order valence-electron chi connectivity index (χ0n) is 12.7. The third kappa shape index (κ3) is 3.65. The van der Waals surface area contributed by atoms with E-state index in [1.54, 1.807) is 17.4 Å². The summed E-state index contributed by atoms with van der Waals surface area (Å²) in [6, 6.07) is 8.81. The fourth-order valence-corrected chi connectivity index (χ4v) is 5.21. The van der Waals surface area contributed by atoms with Crippen LogP contribution in [0.4, 0.5) is 0 Å². The van der Waals surface area contributed by atoms with Crippen LogP contribution in [0.15, 0.2) is 34.1 Å². The van der Waals surface area contributed by atoms with E-state index in [-0.39, 0.29) is 6.04 Å². The van der Waals surface area contributed by atoms with Crippen molar-refractivity contribution in [1.82, 2.24) is 4.90 Å². The number of nitrogens with zero attached hydrogens (tertiary/aromatic N) is 1. The highest BCUT2D eigenvalue weighted by Gasteiger charge is 2.36. The number of carbonyl (C=O) groups is 1. The van der Waals surface area contributed by atoms with E-state index in [1.165, 1.54) is 0 Å². The molecule has 1 N–H and O–H groups in total. The number of carboxylic acids is 1. The van der Waals surface area contributed by atoms with Gasteiger partial charge in [-0.05, 0) is 59.1 Å². The second-order valence-corrected chi connectivity index (χ2v) is 9.05.